The first kappa shape index (κ1) is 16.2. The molecule has 8 heteroatoms. The van der Waals surface area contributed by atoms with Gasteiger partial charge < -0.3 is 9.88 Å². The highest BCUT2D eigenvalue weighted by atomic mass is 32.2. The van der Waals surface area contributed by atoms with Crippen LogP contribution in [0.15, 0.2) is 29.7 Å². The van der Waals surface area contributed by atoms with Crippen LogP contribution in [0.25, 0.3) is 0 Å². The third kappa shape index (κ3) is 3.48. The monoisotopic (exact) mass is 338 g/mol. The zero-order valence-corrected chi connectivity index (χ0v) is 13.8. The van der Waals surface area contributed by atoms with Crippen molar-refractivity contribution in [1.82, 2.24) is 19.2 Å². The minimum Gasteiger partial charge on any atom is -0.341 e. The molecular weight excluding hydrogens is 316 g/mol. The van der Waals surface area contributed by atoms with Gasteiger partial charge in [0.15, 0.2) is 5.03 Å². The number of hydrogen-bond acceptors (Lipinski definition) is 4. The van der Waals surface area contributed by atoms with Crippen molar-refractivity contribution in [2.45, 2.75) is 30.7 Å². The van der Waals surface area contributed by atoms with Gasteiger partial charge in [-0.15, -0.1) is 0 Å². The van der Waals surface area contributed by atoms with Crippen LogP contribution in [0.5, 0.6) is 0 Å². The first-order valence-electron chi connectivity index (χ1n) is 8.01. The maximum atomic E-state index is 12.6. The molecule has 1 aromatic heterocycles. The van der Waals surface area contributed by atoms with E-state index in [1.165, 1.54) is 16.8 Å². The van der Waals surface area contributed by atoms with Crippen LogP contribution >= 0.6 is 0 Å². The molecule has 1 amide bonds. The SMILES string of the molecule is O=C(C1CC=CCC1)N1CCCN(S(=O)(=O)c2cnc[nH]2)CC1. The molecule has 1 atom stereocenters. The number of allylic oxidation sites excluding steroid dienone is 2. The van der Waals surface area contributed by atoms with Crippen LogP contribution in [0.4, 0.5) is 0 Å². The summed E-state index contributed by atoms with van der Waals surface area (Å²) in [6, 6.07) is 0. The van der Waals surface area contributed by atoms with Gasteiger partial charge >= 0.3 is 0 Å². The van der Waals surface area contributed by atoms with Crippen molar-refractivity contribution < 1.29 is 13.2 Å². The molecule has 0 saturated carbocycles. The van der Waals surface area contributed by atoms with E-state index in [1.54, 1.807) is 0 Å². The Hall–Kier alpha value is -1.67. The molecule has 2 aliphatic rings. The van der Waals surface area contributed by atoms with Crippen LogP contribution in [-0.4, -0.2) is 59.7 Å². The van der Waals surface area contributed by atoms with Crippen molar-refractivity contribution in [3.8, 4) is 0 Å². The number of H-pyrrole nitrogens is 1. The van der Waals surface area contributed by atoms with Gasteiger partial charge in [-0.3, -0.25) is 4.79 Å². The number of aromatic amines is 1. The maximum absolute atomic E-state index is 12.6. The van der Waals surface area contributed by atoms with Crippen LogP contribution in [0.2, 0.25) is 0 Å². The van der Waals surface area contributed by atoms with Gasteiger partial charge in [0.05, 0.1) is 12.5 Å². The van der Waals surface area contributed by atoms with E-state index < -0.39 is 10.0 Å². The Labute approximate surface area is 136 Å². The van der Waals surface area contributed by atoms with Crippen LogP contribution < -0.4 is 0 Å². The van der Waals surface area contributed by atoms with E-state index in [0.29, 0.717) is 32.6 Å². The Bertz CT molecular complexity index is 669. The second-order valence-electron chi connectivity index (χ2n) is 5.98. The van der Waals surface area contributed by atoms with Gasteiger partial charge in [-0.2, -0.15) is 4.31 Å². The molecule has 3 rings (SSSR count). The van der Waals surface area contributed by atoms with E-state index >= 15 is 0 Å². The summed E-state index contributed by atoms with van der Waals surface area (Å²) in [4.78, 5) is 20.9. The fraction of sp³-hybridized carbons (Fsp3) is 0.600. The Morgan fingerprint density at radius 1 is 1.22 bits per heavy atom. The highest BCUT2D eigenvalue weighted by Gasteiger charge is 2.31. The Kier molecular flexibility index (Phi) is 4.82. The van der Waals surface area contributed by atoms with Crippen molar-refractivity contribution in [3.63, 3.8) is 0 Å². The number of imidazole rings is 1. The molecule has 0 aromatic carbocycles. The number of hydrogen-bond donors (Lipinski definition) is 1. The number of carbonyl (C=O) groups excluding carboxylic acids is 1. The third-order valence-electron chi connectivity index (χ3n) is 4.48. The summed E-state index contributed by atoms with van der Waals surface area (Å²) < 4.78 is 26.5. The Balaban J connectivity index is 1.65. The molecule has 1 aromatic rings. The first-order chi connectivity index (χ1) is 11.1. The lowest BCUT2D eigenvalue weighted by atomic mass is 9.93. The quantitative estimate of drug-likeness (QED) is 0.833. The standard InChI is InChI=1S/C15H22N4O3S/c20-15(13-5-2-1-3-6-13)18-7-4-8-19(10-9-18)23(21,22)14-11-16-12-17-14/h1-2,11-13H,3-10H2,(H,16,17). The minimum absolute atomic E-state index is 0.0516. The van der Waals surface area contributed by atoms with Crippen molar-refractivity contribution >= 4 is 15.9 Å². The summed E-state index contributed by atoms with van der Waals surface area (Å²) >= 11 is 0. The third-order valence-corrected chi connectivity index (χ3v) is 6.30. The summed E-state index contributed by atoms with van der Waals surface area (Å²) in [6.07, 6.45) is 10.2. The second-order valence-corrected chi connectivity index (χ2v) is 7.89. The van der Waals surface area contributed by atoms with Crippen LogP contribution in [-0.2, 0) is 14.8 Å². The largest absolute Gasteiger partial charge is 0.341 e. The van der Waals surface area contributed by atoms with Crippen LogP contribution in [0, 0.1) is 5.92 Å². The van der Waals surface area contributed by atoms with Gasteiger partial charge in [-0.05, 0) is 25.7 Å². The van der Waals surface area contributed by atoms with Gasteiger partial charge in [-0.25, -0.2) is 13.4 Å². The van der Waals surface area contributed by atoms with E-state index in [9.17, 15) is 13.2 Å². The average molecular weight is 338 g/mol. The summed E-state index contributed by atoms with van der Waals surface area (Å²) in [5.41, 5.74) is 0. The average Bonchev–Trinajstić information content (AvgIpc) is 3.00. The molecule has 1 fully saturated rings. The number of amides is 1. The molecule has 1 aliphatic heterocycles. The lowest BCUT2D eigenvalue weighted by Gasteiger charge is -2.26. The molecule has 23 heavy (non-hydrogen) atoms. The van der Waals surface area contributed by atoms with Crippen LogP contribution in [0.3, 0.4) is 0 Å². The minimum atomic E-state index is -3.55. The first-order valence-corrected chi connectivity index (χ1v) is 9.45. The molecule has 1 unspecified atom stereocenters. The number of sulfonamides is 1. The molecule has 7 nitrogen and oxygen atoms in total. The molecule has 0 bridgehead atoms. The van der Waals surface area contributed by atoms with E-state index in [-0.39, 0.29) is 16.9 Å². The number of nitrogens with zero attached hydrogens (tertiary/aromatic N) is 3. The smallest absolute Gasteiger partial charge is 0.260 e. The van der Waals surface area contributed by atoms with E-state index in [1.807, 2.05) is 4.90 Å². The highest BCUT2D eigenvalue weighted by Crippen LogP contribution is 2.22. The zero-order chi connectivity index (χ0) is 16.3. The van der Waals surface area contributed by atoms with Crippen molar-refractivity contribution in [2.24, 2.45) is 5.92 Å². The summed E-state index contributed by atoms with van der Waals surface area (Å²) in [5, 5.41) is 0.106. The van der Waals surface area contributed by atoms with Crippen molar-refractivity contribution in [3.05, 3.63) is 24.7 Å². The molecule has 0 radical (unpaired) electrons. The van der Waals surface area contributed by atoms with Crippen molar-refractivity contribution in [2.75, 3.05) is 26.2 Å². The molecular formula is C15H22N4O3S. The fourth-order valence-electron chi connectivity index (χ4n) is 3.15. The summed E-state index contributed by atoms with van der Waals surface area (Å²) in [7, 11) is -3.55. The van der Waals surface area contributed by atoms with Gasteiger partial charge in [-0.1, -0.05) is 12.2 Å². The predicted molar refractivity (Wildman–Crippen MR) is 85.0 cm³/mol. The summed E-state index contributed by atoms with van der Waals surface area (Å²) in [6.45, 7) is 1.83. The zero-order valence-electron chi connectivity index (χ0n) is 13.0. The van der Waals surface area contributed by atoms with Gasteiger partial charge in [0, 0.05) is 32.1 Å². The molecule has 2 heterocycles. The normalized spacial score (nSPS) is 23.7. The lowest BCUT2D eigenvalue weighted by Crippen LogP contribution is -2.40. The maximum Gasteiger partial charge on any atom is 0.260 e. The number of aromatic nitrogens is 2. The molecule has 1 saturated heterocycles. The number of rotatable bonds is 3. The lowest BCUT2D eigenvalue weighted by molar-refractivity contribution is -0.135. The number of nitrogens with one attached hydrogen (secondary N) is 1. The predicted octanol–water partition coefficient (Wildman–Crippen LogP) is 0.989. The molecule has 1 N–H and O–H groups in total. The fourth-order valence-corrected chi connectivity index (χ4v) is 4.52. The van der Waals surface area contributed by atoms with Gasteiger partial charge in [0.25, 0.3) is 10.0 Å². The van der Waals surface area contributed by atoms with E-state index in [2.05, 4.69) is 22.1 Å². The van der Waals surface area contributed by atoms with Crippen LogP contribution in [0.1, 0.15) is 25.7 Å². The van der Waals surface area contributed by atoms with Gasteiger partial charge in [0.1, 0.15) is 0 Å². The Morgan fingerprint density at radius 2 is 2.09 bits per heavy atom. The van der Waals surface area contributed by atoms with Crippen molar-refractivity contribution in [1.29, 1.82) is 0 Å². The van der Waals surface area contributed by atoms with E-state index in [4.69, 9.17) is 0 Å². The molecule has 1 aliphatic carbocycles. The highest BCUT2D eigenvalue weighted by molar-refractivity contribution is 7.89. The topological polar surface area (TPSA) is 86.4 Å². The second kappa shape index (κ2) is 6.84. The van der Waals surface area contributed by atoms with E-state index in [0.717, 1.165) is 19.3 Å². The molecule has 126 valence electrons. The summed E-state index contributed by atoms with van der Waals surface area (Å²) in [5.74, 6) is 0.214. The molecule has 0 spiro atoms. The number of carbonyl (C=O) groups is 1. The Morgan fingerprint density at radius 3 is 2.78 bits per heavy atom. The van der Waals surface area contributed by atoms with Gasteiger partial charge in [0.2, 0.25) is 5.91 Å².